The summed E-state index contributed by atoms with van der Waals surface area (Å²) in [5, 5.41) is 6.69. The van der Waals surface area contributed by atoms with Crippen molar-refractivity contribution in [2.24, 2.45) is 10.7 Å². The van der Waals surface area contributed by atoms with E-state index in [4.69, 9.17) is 10.7 Å². The summed E-state index contributed by atoms with van der Waals surface area (Å²) in [5.74, 6) is 0.599. The van der Waals surface area contributed by atoms with E-state index in [9.17, 15) is 0 Å². The number of aliphatic imine (C=N–C) groups is 1. The van der Waals surface area contributed by atoms with Crippen molar-refractivity contribution >= 4 is 22.4 Å². The third-order valence-electron chi connectivity index (χ3n) is 4.52. The molecule has 0 spiro atoms. The van der Waals surface area contributed by atoms with Crippen LogP contribution in [-0.4, -0.2) is 36.6 Å². The fourth-order valence-corrected chi connectivity index (χ4v) is 4.17. The first-order valence-electron chi connectivity index (χ1n) is 8.57. The molecule has 0 radical (unpaired) electrons. The molecule has 122 valence electrons. The standard InChI is InChI=1S/C16H27N5S/c17-15(19-13-6-2-1-3-7-13)18-9-8-14-12-22-16(20-14)21-10-4-5-11-21/h12-13H,1-11H2,(H3,17,18,19). The quantitative estimate of drug-likeness (QED) is 0.646. The number of nitrogens with two attached hydrogens (primary N) is 1. The lowest BCUT2D eigenvalue weighted by molar-refractivity contribution is 0.412. The molecule has 5 nitrogen and oxygen atoms in total. The summed E-state index contributed by atoms with van der Waals surface area (Å²) in [4.78, 5) is 11.6. The average Bonchev–Trinajstić information content (AvgIpc) is 3.19. The summed E-state index contributed by atoms with van der Waals surface area (Å²) >= 11 is 1.75. The van der Waals surface area contributed by atoms with Crippen molar-refractivity contribution in [2.45, 2.75) is 57.4 Å². The monoisotopic (exact) mass is 321 g/mol. The zero-order chi connectivity index (χ0) is 15.2. The molecule has 2 fully saturated rings. The highest BCUT2D eigenvalue weighted by Crippen LogP contribution is 2.24. The molecular weight excluding hydrogens is 294 g/mol. The van der Waals surface area contributed by atoms with Crippen LogP contribution in [0.15, 0.2) is 10.4 Å². The Balaban J connectivity index is 1.42. The van der Waals surface area contributed by atoms with Crippen molar-refractivity contribution in [1.82, 2.24) is 10.3 Å². The van der Waals surface area contributed by atoms with Crippen molar-refractivity contribution in [3.63, 3.8) is 0 Å². The normalized spacial score (nSPS) is 20.5. The Bertz CT molecular complexity index is 486. The number of nitrogens with zero attached hydrogens (tertiary/aromatic N) is 3. The Kier molecular flexibility index (Phi) is 5.53. The van der Waals surface area contributed by atoms with Crippen LogP contribution in [0.4, 0.5) is 5.13 Å². The molecule has 0 aromatic carbocycles. The lowest BCUT2D eigenvalue weighted by atomic mass is 9.96. The number of anilines is 1. The first-order valence-corrected chi connectivity index (χ1v) is 9.45. The molecular formula is C16H27N5S. The number of aromatic nitrogens is 1. The van der Waals surface area contributed by atoms with Crippen LogP contribution in [0, 0.1) is 0 Å². The number of nitrogens with one attached hydrogen (secondary N) is 1. The average molecular weight is 321 g/mol. The Morgan fingerprint density at radius 2 is 2.05 bits per heavy atom. The molecule has 0 unspecified atom stereocenters. The maximum absolute atomic E-state index is 5.99. The predicted molar refractivity (Wildman–Crippen MR) is 93.8 cm³/mol. The van der Waals surface area contributed by atoms with Gasteiger partial charge in [-0.3, -0.25) is 4.99 Å². The van der Waals surface area contributed by atoms with Gasteiger partial charge in [0.2, 0.25) is 0 Å². The molecule has 1 saturated carbocycles. The maximum atomic E-state index is 5.99. The van der Waals surface area contributed by atoms with Crippen LogP contribution in [0.1, 0.15) is 50.6 Å². The van der Waals surface area contributed by atoms with E-state index in [0.29, 0.717) is 18.5 Å². The second kappa shape index (κ2) is 7.81. The molecule has 3 rings (SSSR count). The van der Waals surface area contributed by atoms with Crippen LogP contribution in [0.25, 0.3) is 0 Å². The van der Waals surface area contributed by atoms with Gasteiger partial charge in [0.05, 0.1) is 5.69 Å². The van der Waals surface area contributed by atoms with Gasteiger partial charge in [-0.1, -0.05) is 19.3 Å². The lowest BCUT2D eigenvalue weighted by Crippen LogP contribution is -2.41. The molecule has 3 N–H and O–H groups in total. The molecule has 22 heavy (non-hydrogen) atoms. The summed E-state index contributed by atoms with van der Waals surface area (Å²) in [5.41, 5.74) is 7.13. The van der Waals surface area contributed by atoms with E-state index < -0.39 is 0 Å². The van der Waals surface area contributed by atoms with Gasteiger partial charge in [0.15, 0.2) is 11.1 Å². The van der Waals surface area contributed by atoms with E-state index in [1.165, 1.54) is 50.1 Å². The van der Waals surface area contributed by atoms with Gasteiger partial charge in [0.1, 0.15) is 0 Å². The summed E-state index contributed by atoms with van der Waals surface area (Å²) in [6.07, 6.45) is 9.88. The number of guanidine groups is 1. The van der Waals surface area contributed by atoms with Gasteiger partial charge in [-0.15, -0.1) is 11.3 Å². The molecule has 0 atom stereocenters. The van der Waals surface area contributed by atoms with Gasteiger partial charge in [-0.05, 0) is 25.7 Å². The van der Waals surface area contributed by atoms with Gasteiger partial charge >= 0.3 is 0 Å². The van der Waals surface area contributed by atoms with Gasteiger partial charge < -0.3 is 16.0 Å². The molecule has 1 aromatic rings. The second-order valence-corrected chi connectivity index (χ2v) is 7.15. The third-order valence-corrected chi connectivity index (χ3v) is 5.47. The Morgan fingerprint density at radius 3 is 2.82 bits per heavy atom. The van der Waals surface area contributed by atoms with E-state index in [1.54, 1.807) is 11.3 Å². The maximum Gasteiger partial charge on any atom is 0.188 e. The number of rotatable bonds is 5. The Hall–Kier alpha value is -1.30. The summed E-state index contributed by atoms with van der Waals surface area (Å²) in [6, 6.07) is 0.526. The van der Waals surface area contributed by atoms with Crippen molar-refractivity contribution in [2.75, 3.05) is 24.5 Å². The molecule has 1 aliphatic carbocycles. The van der Waals surface area contributed by atoms with Crippen LogP contribution in [0.2, 0.25) is 0 Å². The zero-order valence-corrected chi connectivity index (χ0v) is 14.1. The first-order chi connectivity index (χ1) is 10.8. The van der Waals surface area contributed by atoms with Crippen LogP contribution in [0.5, 0.6) is 0 Å². The Labute approximate surface area is 137 Å². The molecule has 0 amide bonds. The SMILES string of the molecule is NC(=NCCc1csc(N2CCCC2)n1)NC1CCCCC1. The van der Waals surface area contributed by atoms with Gasteiger partial charge in [-0.2, -0.15) is 0 Å². The highest BCUT2D eigenvalue weighted by molar-refractivity contribution is 7.13. The third kappa shape index (κ3) is 4.35. The largest absolute Gasteiger partial charge is 0.370 e. The van der Waals surface area contributed by atoms with E-state index >= 15 is 0 Å². The molecule has 2 heterocycles. The minimum absolute atomic E-state index is 0.526. The van der Waals surface area contributed by atoms with Crippen molar-refractivity contribution in [3.8, 4) is 0 Å². The molecule has 2 aliphatic rings. The molecule has 1 saturated heterocycles. The van der Waals surface area contributed by atoms with E-state index in [-0.39, 0.29) is 0 Å². The van der Waals surface area contributed by atoms with Crippen molar-refractivity contribution < 1.29 is 0 Å². The van der Waals surface area contributed by atoms with Crippen LogP contribution < -0.4 is 16.0 Å². The van der Waals surface area contributed by atoms with E-state index in [0.717, 1.165) is 25.2 Å². The molecule has 6 heteroatoms. The predicted octanol–water partition coefficient (Wildman–Crippen LogP) is 2.52. The van der Waals surface area contributed by atoms with Crippen molar-refractivity contribution in [1.29, 1.82) is 0 Å². The molecule has 0 bridgehead atoms. The number of hydrogen-bond donors (Lipinski definition) is 2. The summed E-state index contributed by atoms with van der Waals surface area (Å²) < 4.78 is 0. The molecule has 1 aromatic heterocycles. The smallest absolute Gasteiger partial charge is 0.188 e. The van der Waals surface area contributed by atoms with E-state index in [2.05, 4.69) is 20.6 Å². The fraction of sp³-hybridized carbons (Fsp3) is 0.750. The van der Waals surface area contributed by atoms with Gasteiger partial charge in [0.25, 0.3) is 0 Å². The summed E-state index contributed by atoms with van der Waals surface area (Å²) in [6.45, 7) is 3.03. The topological polar surface area (TPSA) is 66.5 Å². The van der Waals surface area contributed by atoms with Gasteiger partial charge in [-0.25, -0.2) is 4.98 Å². The molecule has 1 aliphatic heterocycles. The lowest BCUT2D eigenvalue weighted by Gasteiger charge is -2.23. The van der Waals surface area contributed by atoms with Gasteiger partial charge in [0, 0.05) is 37.5 Å². The Morgan fingerprint density at radius 1 is 1.27 bits per heavy atom. The van der Waals surface area contributed by atoms with Crippen LogP contribution >= 0.6 is 11.3 Å². The fourth-order valence-electron chi connectivity index (χ4n) is 3.26. The summed E-state index contributed by atoms with van der Waals surface area (Å²) in [7, 11) is 0. The first kappa shape index (κ1) is 15.6. The van der Waals surface area contributed by atoms with Crippen LogP contribution in [-0.2, 0) is 6.42 Å². The number of thiazole rings is 1. The van der Waals surface area contributed by atoms with E-state index in [1.807, 2.05) is 0 Å². The van der Waals surface area contributed by atoms with Crippen LogP contribution in [0.3, 0.4) is 0 Å². The zero-order valence-electron chi connectivity index (χ0n) is 13.3. The second-order valence-electron chi connectivity index (χ2n) is 6.31. The minimum atomic E-state index is 0.526. The highest BCUT2D eigenvalue weighted by atomic mass is 32.1. The number of hydrogen-bond acceptors (Lipinski definition) is 4. The highest BCUT2D eigenvalue weighted by Gasteiger charge is 2.15. The minimum Gasteiger partial charge on any atom is -0.370 e. The van der Waals surface area contributed by atoms with Crippen molar-refractivity contribution in [3.05, 3.63) is 11.1 Å².